The summed E-state index contributed by atoms with van der Waals surface area (Å²) in [6, 6.07) is 5.11. The third kappa shape index (κ3) is 3.00. The molecule has 0 bridgehead atoms. The lowest BCUT2D eigenvalue weighted by Crippen LogP contribution is -2.38. The molecule has 0 aliphatic heterocycles. The second-order valence-electron chi connectivity index (χ2n) is 5.09. The van der Waals surface area contributed by atoms with Gasteiger partial charge in [-0.3, -0.25) is 4.79 Å². The van der Waals surface area contributed by atoms with Crippen LogP contribution in [0.25, 0.3) is 0 Å². The fraction of sp³-hybridized carbons (Fsp3) is 0.533. The minimum absolute atomic E-state index is 0.00499. The summed E-state index contributed by atoms with van der Waals surface area (Å²) in [5.41, 5.74) is 0.506. The van der Waals surface area contributed by atoms with Gasteiger partial charge in [-0.25, -0.2) is 0 Å². The number of benzene rings is 1. The normalized spacial score (nSPS) is 16.1. The van der Waals surface area contributed by atoms with Crippen LogP contribution < -0.4 is 4.74 Å². The summed E-state index contributed by atoms with van der Waals surface area (Å²) in [6.45, 7) is 0. The zero-order valence-corrected chi connectivity index (χ0v) is 11.6. The van der Waals surface area contributed by atoms with Gasteiger partial charge in [0.25, 0.3) is 5.91 Å². The van der Waals surface area contributed by atoms with Crippen LogP contribution in [0.5, 0.6) is 11.5 Å². The van der Waals surface area contributed by atoms with E-state index < -0.39 is 0 Å². The van der Waals surface area contributed by atoms with Gasteiger partial charge in [0.2, 0.25) is 0 Å². The number of ether oxygens (including phenoxy) is 1. The Morgan fingerprint density at radius 2 is 2.00 bits per heavy atom. The second kappa shape index (κ2) is 5.95. The Morgan fingerprint density at radius 1 is 1.32 bits per heavy atom. The summed E-state index contributed by atoms with van der Waals surface area (Å²) >= 11 is 0. The summed E-state index contributed by atoms with van der Waals surface area (Å²) in [5, 5.41) is 9.74. The molecule has 0 unspecified atom stereocenters. The summed E-state index contributed by atoms with van der Waals surface area (Å²) in [5.74, 6) is 0.354. The molecule has 0 radical (unpaired) electrons. The average Bonchev–Trinajstić information content (AvgIpc) is 2.46. The van der Waals surface area contributed by atoms with Gasteiger partial charge < -0.3 is 14.7 Å². The predicted molar refractivity (Wildman–Crippen MR) is 73.6 cm³/mol. The van der Waals surface area contributed by atoms with E-state index in [4.69, 9.17) is 4.74 Å². The van der Waals surface area contributed by atoms with Crippen molar-refractivity contribution in [2.45, 2.75) is 38.1 Å². The van der Waals surface area contributed by atoms with Crippen molar-refractivity contribution in [1.82, 2.24) is 4.90 Å². The average molecular weight is 263 g/mol. The van der Waals surface area contributed by atoms with E-state index in [-0.39, 0.29) is 11.7 Å². The van der Waals surface area contributed by atoms with Crippen molar-refractivity contribution < 1.29 is 14.6 Å². The molecule has 104 valence electrons. The molecule has 4 nitrogen and oxygen atoms in total. The van der Waals surface area contributed by atoms with Gasteiger partial charge in [0.05, 0.1) is 7.11 Å². The first-order valence-corrected chi connectivity index (χ1v) is 6.77. The molecule has 0 aromatic heterocycles. The molecule has 1 fully saturated rings. The molecule has 1 N–H and O–H groups in total. The first kappa shape index (κ1) is 13.7. The molecule has 19 heavy (non-hydrogen) atoms. The maximum atomic E-state index is 12.4. The Labute approximate surface area is 114 Å². The van der Waals surface area contributed by atoms with Crippen LogP contribution in [0, 0.1) is 0 Å². The van der Waals surface area contributed by atoms with Crippen molar-refractivity contribution >= 4 is 5.91 Å². The number of carbonyl (C=O) groups excluding carboxylic acids is 1. The van der Waals surface area contributed by atoms with E-state index in [9.17, 15) is 9.90 Å². The largest absolute Gasteiger partial charge is 0.504 e. The predicted octanol–water partition coefficient (Wildman–Crippen LogP) is 2.81. The quantitative estimate of drug-likeness (QED) is 0.912. The van der Waals surface area contributed by atoms with Crippen LogP contribution in [-0.4, -0.2) is 36.1 Å². The van der Waals surface area contributed by atoms with Crippen molar-refractivity contribution in [3.05, 3.63) is 23.8 Å². The highest BCUT2D eigenvalue weighted by Crippen LogP contribution is 2.28. The van der Waals surface area contributed by atoms with E-state index in [2.05, 4.69) is 0 Å². The molecule has 2 rings (SSSR count). The number of rotatable bonds is 3. The molecule has 1 aromatic rings. The van der Waals surface area contributed by atoms with E-state index >= 15 is 0 Å². The highest BCUT2D eigenvalue weighted by molar-refractivity contribution is 5.95. The topological polar surface area (TPSA) is 49.8 Å². The number of phenolic OH excluding ortho intramolecular Hbond substituents is 1. The second-order valence-corrected chi connectivity index (χ2v) is 5.09. The van der Waals surface area contributed by atoms with E-state index in [1.165, 1.54) is 32.4 Å². The molecule has 0 spiro atoms. The lowest BCUT2D eigenvalue weighted by Gasteiger charge is -2.31. The first-order chi connectivity index (χ1) is 9.13. The lowest BCUT2D eigenvalue weighted by atomic mass is 9.94. The Balaban J connectivity index is 2.12. The minimum atomic E-state index is -0.0372. The van der Waals surface area contributed by atoms with Crippen molar-refractivity contribution in [1.29, 1.82) is 0 Å². The molecule has 1 aliphatic carbocycles. The summed E-state index contributed by atoms with van der Waals surface area (Å²) < 4.78 is 4.98. The van der Waals surface area contributed by atoms with Crippen molar-refractivity contribution in [3.63, 3.8) is 0 Å². The molecule has 4 heteroatoms. The number of amides is 1. The van der Waals surface area contributed by atoms with Gasteiger partial charge in [-0.15, -0.1) is 0 Å². The number of phenols is 1. The SMILES string of the molecule is COc1ccc(C(=O)N(C)C2CCCCC2)cc1O. The number of carbonyl (C=O) groups is 1. The van der Waals surface area contributed by atoms with Crippen LogP contribution in [-0.2, 0) is 0 Å². The molecular weight excluding hydrogens is 242 g/mol. The van der Waals surface area contributed by atoms with Crippen LogP contribution in [0.2, 0.25) is 0 Å². The first-order valence-electron chi connectivity index (χ1n) is 6.77. The molecule has 0 atom stereocenters. The van der Waals surface area contributed by atoms with Gasteiger partial charge in [-0.1, -0.05) is 19.3 Å². The van der Waals surface area contributed by atoms with Crippen molar-refractivity contribution in [2.24, 2.45) is 0 Å². The zero-order chi connectivity index (χ0) is 13.8. The molecule has 0 heterocycles. The Morgan fingerprint density at radius 3 is 2.58 bits per heavy atom. The van der Waals surface area contributed by atoms with Gasteiger partial charge in [0, 0.05) is 18.7 Å². The molecule has 1 aromatic carbocycles. The van der Waals surface area contributed by atoms with Crippen molar-refractivity contribution in [2.75, 3.05) is 14.2 Å². The van der Waals surface area contributed by atoms with E-state index in [0.29, 0.717) is 17.4 Å². The van der Waals surface area contributed by atoms with E-state index in [0.717, 1.165) is 12.8 Å². The number of aromatic hydroxyl groups is 1. The van der Waals surface area contributed by atoms with Gasteiger partial charge in [-0.05, 0) is 31.0 Å². The number of methoxy groups -OCH3 is 1. The number of nitrogens with zero attached hydrogens (tertiary/aromatic N) is 1. The van der Waals surface area contributed by atoms with Gasteiger partial charge in [0.1, 0.15) is 0 Å². The molecule has 1 saturated carbocycles. The van der Waals surface area contributed by atoms with Gasteiger partial charge >= 0.3 is 0 Å². The number of hydrogen-bond acceptors (Lipinski definition) is 3. The molecule has 1 aliphatic rings. The standard InChI is InChI=1S/C15H21NO3/c1-16(12-6-4-3-5-7-12)15(18)11-8-9-14(19-2)13(17)10-11/h8-10,12,17H,3-7H2,1-2H3. The van der Waals surface area contributed by atoms with Gasteiger partial charge in [0.15, 0.2) is 11.5 Å². The summed E-state index contributed by atoms with van der Waals surface area (Å²) in [7, 11) is 3.34. The zero-order valence-electron chi connectivity index (χ0n) is 11.6. The van der Waals surface area contributed by atoms with Crippen LogP contribution in [0.1, 0.15) is 42.5 Å². The van der Waals surface area contributed by atoms with Crippen LogP contribution in [0.15, 0.2) is 18.2 Å². The molecule has 1 amide bonds. The Hall–Kier alpha value is -1.71. The fourth-order valence-corrected chi connectivity index (χ4v) is 2.66. The van der Waals surface area contributed by atoms with E-state index in [1.807, 2.05) is 7.05 Å². The monoisotopic (exact) mass is 263 g/mol. The summed E-state index contributed by atoms with van der Waals surface area (Å²) in [4.78, 5) is 14.2. The Kier molecular flexibility index (Phi) is 4.30. The highest BCUT2D eigenvalue weighted by atomic mass is 16.5. The smallest absolute Gasteiger partial charge is 0.253 e. The fourth-order valence-electron chi connectivity index (χ4n) is 2.66. The molecular formula is C15H21NO3. The Bertz CT molecular complexity index is 453. The van der Waals surface area contributed by atoms with Crippen LogP contribution in [0.4, 0.5) is 0 Å². The van der Waals surface area contributed by atoms with Crippen LogP contribution >= 0.6 is 0 Å². The van der Waals surface area contributed by atoms with Gasteiger partial charge in [-0.2, -0.15) is 0 Å². The summed E-state index contributed by atoms with van der Waals surface area (Å²) in [6.07, 6.45) is 5.79. The van der Waals surface area contributed by atoms with E-state index in [1.54, 1.807) is 17.0 Å². The maximum absolute atomic E-state index is 12.4. The third-order valence-corrected chi connectivity index (χ3v) is 3.87. The third-order valence-electron chi connectivity index (χ3n) is 3.87. The van der Waals surface area contributed by atoms with Crippen molar-refractivity contribution in [3.8, 4) is 11.5 Å². The highest BCUT2D eigenvalue weighted by Gasteiger charge is 2.23. The minimum Gasteiger partial charge on any atom is -0.504 e. The lowest BCUT2D eigenvalue weighted by molar-refractivity contribution is 0.0696. The number of hydrogen-bond donors (Lipinski definition) is 1. The maximum Gasteiger partial charge on any atom is 0.253 e. The molecule has 0 saturated heterocycles. The van der Waals surface area contributed by atoms with Crippen LogP contribution in [0.3, 0.4) is 0 Å².